The van der Waals surface area contributed by atoms with Crippen LogP contribution in [0.15, 0.2) is 57.9 Å². The third kappa shape index (κ3) is 5.62. The number of hydrogen-bond donors (Lipinski definition) is 1. The number of thioether (sulfide) groups is 1. The van der Waals surface area contributed by atoms with Gasteiger partial charge in [0.15, 0.2) is 6.61 Å². The van der Waals surface area contributed by atoms with Gasteiger partial charge >= 0.3 is 5.97 Å². The van der Waals surface area contributed by atoms with Crippen LogP contribution in [0, 0.1) is 13.8 Å². The molecule has 8 heteroatoms. The Kier molecular flexibility index (Phi) is 6.95. The molecule has 29 heavy (non-hydrogen) atoms. The third-order valence-corrected chi connectivity index (χ3v) is 5.47. The topological polar surface area (TPSA) is 81.4 Å². The van der Waals surface area contributed by atoms with Crippen LogP contribution in [0.2, 0.25) is 5.02 Å². The highest BCUT2D eigenvalue weighted by molar-refractivity contribution is 7.98. The number of aryl methyl sites for hydroxylation is 2. The van der Waals surface area contributed by atoms with Crippen LogP contribution >= 0.6 is 23.4 Å². The van der Waals surface area contributed by atoms with Crippen molar-refractivity contribution in [3.63, 3.8) is 0 Å². The Morgan fingerprint density at radius 3 is 2.55 bits per heavy atom. The molecule has 0 bridgehead atoms. The summed E-state index contributed by atoms with van der Waals surface area (Å²) in [5.74, 6) is 0.385. The lowest BCUT2D eigenvalue weighted by molar-refractivity contribution is -0.119. The number of ether oxygens (including phenoxy) is 1. The number of nitrogens with one attached hydrogen (secondary N) is 1. The molecule has 0 aliphatic rings. The van der Waals surface area contributed by atoms with E-state index >= 15 is 0 Å². The Morgan fingerprint density at radius 1 is 1.14 bits per heavy atom. The monoisotopic (exact) mass is 430 g/mol. The third-order valence-electron chi connectivity index (χ3n) is 4.12. The van der Waals surface area contributed by atoms with Gasteiger partial charge in [-0.3, -0.25) is 4.79 Å². The first kappa shape index (κ1) is 21.0. The second kappa shape index (κ2) is 9.62. The van der Waals surface area contributed by atoms with Gasteiger partial charge in [-0.05, 0) is 50.2 Å². The summed E-state index contributed by atoms with van der Waals surface area (Å²) < 4.78 is 10.4. The molecule has 1 heterocycles. The molecule has 0 unspecified atom stereocenters. The van der Waals surface area contributed by atoms with E-state index in [1.165, 1.54) is 11.8 Å². The Morgan fingerprint density at radius 2 is 1.86 bits per heavy atom. The van der Waals surface area contributed by atoms with Crippen LogP contribution < -0.4 is 5.32 Å². The van der Waals surface area contributed by atoms with Crippen molar-refractivity contribution in [3.05, 3.63) is 76.1 Å². The summed E-state index contributed by atoms with van der Waals surface area (Å²) in [6.45, 7) is 3.35. The van der Waals surface area contributed by atoms with Crippen LogP contribution in [0.3, 0.4) is 0 Å². The summed E-state index contributed by atoms with van der Waals surface area (Å²) in [5, 5.41) is 7.16. The van der Waals surface area contributed by atoms with Gasteiger partial charge in [0.25, 0.3) is 5.91 Å². The largest absolute Gasteiger partial charge is 0.452 e. The fourth-order valence-electron chi connectivity index (χ4n) is 2.56. The molecule has 0 aliphatic carbocycles. The number of carbonyl (C=O) groups excluding carboxylic acids is 2. The Balaban J connectivity index is 1.59. The van der Waals surface area contributed by atoms with Crippen molar-refractivity contribution < 1.29 is 18.8 Å². The second-order valence-electron chi connectivity index (χ2n) is 6.22. The van der Waals surface area contributed by atoms with Crippen molar-refractivity contribution >= 4 is 40.9 Å². The number of halogens is 1. The molecule has 150 valence electrons. The van der Waals surface area contributed by atoms with Gasteiger partial charge in [0.1, 0.15) is 5.76 Å². The molecule has 2 aromatic carbocycles. The molecule has 1 aromatic heterocycles. The standard InChI is InChI=1S/C21H19ClN2O4S/c1-13-18(14(2)28-24-13)12-29-19-6-4-3-5-17(19)21(26)27-11-20(25)23-16-9-7-15(22)8-10-16/h3-10H,11-12H2,1-2H3,(H,23,25). The van der Waals surface area contributed by atoms with E-state index < -0.39 is 11.9 Å². The van der Waals surface area contributed by atoms with Gasteiger partial charge in [-0.15, -0.1) is 11.8 Å². The van der Waals surface area contributed by atoms with E-state index in [-0.39, 0.29) is 6.61 Å². The van der Waals surface area contributed by atoms with Gasteiger partial charge in [0.2, 0.25) is 0 Å². The van der Waals surface area contributed by atoms with Gasteiger partial charge < -0.3 is 14.6 Å². The normalized spacial score (nSPS) is 10.6. The number of esters is 1. The van der Waals surface area contributed by atoms with E-state index in [1.54, 1.807) is 36.4 Å². The number of rotatable bonds is 7. The molecule has 0 fully saturated rings. The molecule has 0 aliphatic heterocycles. The average molecular weight is 431 g/mol. The lowest BCUT2D eigenvalue weighted by atomic mass is 10.2. The molecule has 6 nitrogen and oxygen atoms in total. The van der Waals surface area contributed by atoms with Crippen LogP contribution in [0.5, 0.6) is 0 Å². The van der Waals surface area contributed by atoms with Crippen molar-refractivity contribution in [1.29, 1.82) is 0 Å². The lowest BCUT2D eigenvalue weighted by Crippen LogP contribution is -2.21. The summed E-state index contributed by atoms with van der Waals surface area (Å²) >= 11 is 7.30. The Bertz CT molecular complexity index is 998. The number of nitrogens with zero attached hydrogens (tertiary/aromatic N) is 1. The molecule has 1 amide bonds. The highest BCUT2D eigenvalue weighted by atomic mass is 35.5. The Labute approximate surface area is 177 Å². The predicted octanol–water partition coefficient (Wildman–Crippen LogP) is 5.03. The zero-order chi connectivity index (χ0) is 20.8. The van der Waals surface area contributed by atoms with Gasteiger partial charge in [0, 0.05) is 26.9 Å². The highest BCUT2D eigenvalue weighted by Crippen LogP contribution is 2.29. The zero-order valence-corrected chi connectivity index (χ0v) is 17.5. The molecule has 3 rings (SSSR count). The number of carbonyl (C=O) groups is 2. The lowest BCUT2D eigenvalue weighted by Gasteiger charge is -2.10. The van der Waals surface area contributed by atoms with Crippen molar-refractivity contribution in [1.82, 2.24) is 5.16 Å². The number of hydrogen-bond acceptors (Lipinski definition) is 6. The van der Waals surface area contributed by atoms with E-state index in [9.17, 15) is 9.59 Å². The maximum Gasteiger partial charge on any atom is 0.339 e. The first-order valence-corrected chi connectivity index (χ1v) is 10.2. The number of benzene rings is 2. The van der Waals surface area contributed by atoms with Crippen molar-refractivity contribution in [2.45, 2.75) is 24.5 Å². The van der Waals surface area contributed by atoms with Crippen LogP contribution in [-0.4, -0.2) is 23.6 Å². The second-order valence-corrected chi connectivity index (χ2v) is 7.67. The highest BCUT2D eigenvalue weighted by Gasteiger charge is 2.16. The molecule has 0 saturated carbocycles. The van der Waals surface area contributed by atoms with Crippen molar-refractivity contribution in [2.75, 3.05) is 11.9 Å². The van der Waals surface area contributed by atoms with Crippen LogP contribution in [0.25, 0.3) is 0 Å². The summed E-state index contributed by atoms with van der Waals surface area (Å²) in [4.78, 5) is 25.3. The maximum atomic E-state index is 12.5. The first-order chi connectivity index (χ1) is 13.9. The van der Waals surface area contributed by atoms with E-state index in [0.29, 0.717) is 22.0 Å². The Hall–Kier alpha value is -2.77. The minimum atomic E-state index is -0.557. The fraction of sp³-hybridized carbons (Fsp3) is 0.190. The predicted molar refractivity (Wildman–Crippen MR) is 112 cm³/mol. The molecule has 0 spiro atoms. The molecular formula is C21H19ClN2O4S. The average Bonchev–Trinajstić information content (AvgIpc) is 3.04. The van der Waals surface area contributed by atoms with Gasteiger partial charge in [0.05, 0.1) is 11.3 Å². The fourth-order valence-corrected chi connectivity index (χ4v) is 3.88. The van der Waals surface area contributed by atoms with E-state index in [1.807, 2.05) is 26.0 Å². The minimum Gasteiger partial charge on any atom is -0.452 e. The summed E-state index contributed by atoms with van der Waals surface area (Å²) in [5.41, 5.74) is 2.81. The van der Waals surface area contributed by atoms with E-state index in [0.717, 1.165) is 21.9 Å². The maximum absolute atomic E-state index is 12.5. The summed E-state index contributed by atoms with van der Waals surface area (Å²) in [6, 6.07) is 13.8. The number of aromatic nitrogens is 1. The van der Waals surface area contributed by atoms with E-state index in [4.69, 9.17) is 20.9 Å². The summed E-state index contributed by atoms with van der Waals surface area (Å²) in [6.07, 6.45) is 0. The van der Waals surface area contributed by atoms with Gasteiger partial charge in [-0.1, -0.05) is 28.9 Å². The molecular weight excluding hydrogens is 412 g/mol. The molecule has 0 radical (unpaired) electrons. The van der Waals surface area contributed by atoms with Crippen molar-refractivity contribution in [3.8, 4) is 0 Å². The van der Waals surface area contributed by atoms with E-state index in [2.05, 4.69) is 10.5 Å². The number of amides is 1. The summed E-state index contributed by atoms with van der Waals surface area (Å²) in [7, 11) is 0. The zero-order valence-electron chi connectivity index (χ0n) is 15.9. The molecule has 3 aromatic rings. The number of anilines is 1. The van der Waals surface area contributed by atoms with Gasteiger partial charge in [-0.25, -0.2) is 4.79 Å². The van der Waals surface area contributed by atoms with Crippen LogP contribution in [0.1, 0.15) is 27.4 Å². The molecule has 0 atom stereocenters. The minimum absolute atomic E-state index is 0.385. The van der Waals surface area contributed by atoms with Crippen LogP contribution in [-0.2, 0) is 15.3 Å². The first-order valence-electron chi connectivity index (χ1n) is 8.80. The van der Waals surface area contributed by atoms with Gasteiger partial charge in [-0.2, -0.15) is 0 Å². The van der Waals surface area contributed by atoms with Crippen LogP contribution in [0.4, 0.5) is 5.69 Å². The quantitative estimate of drug-likeness (QED) is 0.418. The molecule has 1 N–H and O–H groups in total. The smallest absolute Gasteiger partial charge is 0.339 e. The SMILES string of the molecule is Cc1noc(C)c1CSc1ccccc1C(=O)OCC(=O)Nc1ccc(Cl)cc1. The molecule has 0 saturated heterocycles. The van der Waals surface area contributed by atoms with Crippen molar-refractivity contribution in [2.24, 2.45) is 0 Å².